The third kappa shape index (κ3) is 2.93. The van der Waals surface area contributed by atoms with E-state index in [-0.39, 0.29) is 18.1 Å². The first-order chi connectivity index (χ1) is 8.97. The van der Waals surface area contributed by atoms with Crippen LogP contribution in [0.4, 0.5) is 8.78 Å². The minimum atomic E-state index is -2.00. The molecule has 19 heavy (non-hydrogen) atoms. The SMILES string of the molecule is CCOC(=O)C(O)c1c(F)c(F)cc(OC)c1OC. The van der Waals surface area contributed by atoms with E-state index in [4.69, 9.17) is 9.47 Å². The van der Waals surface area contributed by atoms with Gasteiger partial charge in [0.05, 0.1) is 26.4 Å². The van der Waals surface area contributed by atoms with Crippen molar-refractivity contribution in [2.45, 2.75) is 13.0 Å². The van der Waals surface area contributed by atoms with Gasteiger partial charge in [0.1, 0.15) is 0 Å². The summed E-state index contributed by atoms with van der Waals surface area (Å²) in [5.41, 5.74) is -0.655. The number of halogens is 2. The van der Waals surface area contributed by atoms with E-state index in [0.717, 1.165) is 6.07 Å². The number of rotatable bonds is 5. The van der Waals surface area contributed by atoms with Gasteiger partial charge in [0.15, 0.2) is 29.2 Å². The molecule has 106 valence electrons. The number of carbonyl (C=O) groups excluding carboxylic acids is 1. The lowest BCUT2D eigenvalue weighted by Gasteiger charge is -2.17. The van der Waals surface area contributed by atoms with Crippen molar-refractivity contribution >= 4 is 5.97 Å². The van der Waals surface area contributed by atoms with Crippen LogP contribution < -0.4 is 9.47 Å². The number of esters is 1. The zero-order valence-electron chi connectivity index (χ0n) is 10.7. The molecule has 0 aromatic heterocycles. The van der Waals surface area contributed by atoms with Crippen LogP contribution in [-0.4, -0.2) is 31.9 Å². The Morgan fingerprint density at radius 3 is 2.47 bits per heavy atom. The van der Waals surface area contributed by atoms with E-state index in [9.17, 15) is 18.7 Å². The van der Waals surface area contributed by atoms with Crippen molar-refractivity contribution in [3.63, 3.8) is 0 Å². The summed E-state index contributed by atoms with van der Waals surface area (Å²) in [5.74, 6) is -4.16. The second-order valence-corrected chi connectivity index (χ2v) is 3.48. The van der Waals surface area contributed by atoms with Gasteiger partial charge in [-0.1, -0.05) is 0 Å². The molecule has 1 aromatic carbocycles. The summed E-state index contributed by atoms with van der Waals surface area (Å²) < 4.78 is 41.3. The first kappa shape index (κ1) is 15.2. The highest BCUT2D eigenvalue weighted by Gasteiger charge is 2.31. The Bertz CT molecular complexity index is 476. The van der Waals surface area contributed by atoms with Crippen LogP contribution in [0.5, 0.6) is 11.5 Å². The van der Waals surface area contributed by atoms with Crippen LogP contribution in [0.25, 0.3) is 0 Å². The molecule has 1 atom stereocenters. The molecule has 0 radical (unpaired) electrons. The fourth-order valence-electron chi connectivity index (χ4n) is 1.55. The monoisotopic (exact) mass is 276 g/mol. The maximum absolute atomic E-state index is 13.7. The van der Waals surface area contributed by atoms with E-state index in [2.05, 4.69) is 4.74 Å². The van der Waals surface area contributed by atoms with E-state index in [1.165, 1.54) is 21.1 Å². The zero-order chi connectivity index (χ0) is 14.6. The van der Waals surface area contributed by atoms with Crippen LogP contribution in [0.15, 0.2) is 6.07 Å². The topological polar surface area (TPSA) is 65.0 Å². The molecule has 0 aliphatic rings. The van der Waals surface area contributed by atoms with Crippen LogP contribution in [0.2, 0.25) is 0 Å². The van der Waals surface area contributed by atoms with Gasteiger partial charge in [-0.2, -0.15) is 0 Å². The number of ether oxygens (including phenoxy) is 3. The molecule has 0 saturated carbocycles. The molecule has 1 rings (SSSR count). The lowest BCUT2D eigenvalue weighted by Crippen LogP contribution is -2.18. The summed E-state index contributed by atoms with van der Waals surface area (Å²) in [5, 5.41) is 9.74. The minimum Gasteiger partial charge on any atom is -0.493 e. The molecule has 0 spiro atoms. The van der Waals surface area contributed by atoms with Crippen molar-refractivity contribution in [3.05, 3.63) is 23.3 Å². The highest BCUT2D eigenvalue weighted by Crippen LogP contribution is 2.38. The maximum Gasteiger partial charge on any atom is 0.339 e. The fraction of sp³-hybridized carbons (Fsp3) is 0.417. The predicted molar refractivity (Wildman–Crippen MR) is 61.1 cm³/mol. The van der Waals surface area contributed by atoms with Gasteiger partial charge in [0.25, 0.3) is 0 Å². The van der Waals surface area contributed by atoms with Gasteiger partial charge in [-0.05, 0) is 6.92 Å². The van der Waals surface area contributed by atoms with Crippen molar-refractivity contribution < 1.29 is 32.9 Å². The molecule has 1 N–H and O–H groups in total. The van der Waals surface area contributed by atoms with Crippen LogP contribution in [0, 0.1) is 11.6 Å². The van der Waals surface area contributed by atoms with Crippen molar-refractivity contribution in [2.75, 3.05) is 20.8 Å². The van der Waals surface area contributed by atoms with Crippen LogP contribution in [-0.2, 0) is 9.53 Å². The largest absolute Gasteiger partial charge is 0.493 e. The van der Waals surface area contributed by atoms with Crippen molar-refractivity contribution in [2.24, 2.45) is 0 Å². The number of hydrogen-bond donors (Lipinski definition) is 1. The number of hydrogen-bond acceptors (Lipinski definition) is 5. The van der Waals surface area contributed by atoms with Gasteiger partial charge in [-0.3, -0.25) is 0 Å². The number of aliphatic hydroxyl groups is 1. The third-order valence-electron chi connectivity index (χ3n) is 2.38. The second kappa shape index (κ2) is 6.33. The quantitative estimate of drug-likeness (QED) is 0.827. The van der Waals surface area contributed by atoms with Crippen LogP contribution in [0.3, 0.4) is 0 Å². The van der Waals surface area contributed by atoms with Gasteiger partial charge < -0.3 is 19.3 Å². The fourth-order valence-corrected chi connectivity index (χ4v) is 1.55. The molecule has 0 aliphatic carbocycles. The van der Waals surface area contributed by atoms with Crippen molar-refractivity contribution in [3.8, 4) is 11.5 Å². The van der Waals surface area contributed by atoms with E-state index in [1.54, 1.807) is 0 Å². The van der Waals surface area contributed by atoms with Crippen molar-refractivity contribution in [1.29, 1.82) is 0 Å². The van der Waals surface area contributed by atoms with Gasteiger partial charge in [0.2, 0.25) is 0 Å². The van der Waals surface area contributed by atoms with Gasteiger partial charge in [-0.15, -0.1) is 0 Å². The molecule has 0 saturated heterocycles. The highest BCUT2D eigenvalue weighted by molar-refractivity contribution is 5.78. The van der Waals surface area contributed by atoms with Crippen LogP contribution in [0.1, 0.15) is 18.6 Å². The molecule has 0 fully saturated rings. The minimum absolute atomic E-state index is 0.00766. The zero-order valence-corrected chi connectivity index (χ0v) is 10.7. The molecule has 1 unspecified atom stereocenters. The summed E-state index contributed by atoms with van der Waals surface area (Å²) >= 11 is 0. The Hall–Kier alpha value is -1.89. The Labute approximate surface area is 108 Å². The lowest BCUT2D eigenvalue weighted by atomic mass is 10.1. The normalized spacial score (nSPS) is 11.9. The first-order valence-corrected chi connectivity index (χ1v) is 5.42. The summed E-state index contributed by atoms with van der Waals surface area (Å²) in [7, 11) is 2.40. The predicted octanol–water partition coefficient (Wildman–Crippen LogP) is 1.58. The Morgan fingerprint density at radius 1 is 1.37 bits per heavy atom. The Morgan fingerprint density at radius 2 is 2.00 bits per heavy atom. The van der Waals surface area contributed by atoms with Crippen molar-refractivity contribution in [1.82, 2.24) is 0 Å². The van der Waals surface area contributed by atoms with E-state index in [0.29, 0.717) is 0 Å². The summed E-state index contributed by atoms with van der Waals surface area (Å²) in [6.07, 6.45) is -2.00. The molecule has 7 heteroatoms. The molecule has 0 amide bonds. The average molecular weight is 276 g/mol. The maximum atomic E-state index is 13.7. The van der Waals surface area contributed by atoms with E-state index < -0.39 is 29.3 Å². The van der Waals surface area contributed by atoms with E-state index >= 15 is 0 Å². The first-order valence-electron chi connectivity index (χ1n) is 5.42. The van der Waals surface area contributed by atoms with Crippen LogP contribution >= 0.6 is 0 Å². The molecule has 5 nitrogen and oxygen atoms in total. The highest BCUT2D eigenvalue weighted by atomic mass is 19.2. The standard InChI is InChI=1S/C12H14F2O5/c1-4-19-12(16)10(15)8-9(14)6(13)5-7(17-2)11(8)18-3/h5,10,15H,4H2,1-3H3. The lowest BCUT2D eigenvalue weighted by molar-refractivity contribution is -0.153. The van der Waals surface area contributed by atoms with Gasteiger partial charge in [0, 0.05) is 6.07 Å². The summed E-state index contributed by atoms with van der Waals surface area (Å²) in [6, 6.07) is 0.759. The molecule has 0 heterocycles. The molecule has 1 aromatic rings. The van der Waals surface area contributed by atoms with E-state index in [1.807, 2.05) is 0 Å². The molecule has 0 aliphatic heterocycles. The smallest absolute Gasteiger partial charge is 0.339 e. The molecule has 0 bridgehead atoms. The number of benzene rings is 1. The number of aliphatic hydroxyl groups excluding tert-OH is 1. The number of carbonyl (C=O) groups is 1. The molecular formula is C12H14F2O5. The Kier molecular flexibility index (Phi) is 5.05. The van der Waals surface area contributed by atoms with Gasteiger partial charge >= 0.3 is 5.97 Å². The second-order valence-electron chi connectivity index (χ2n) is 3.48. The Balaban J connectivity index is 3.38. The summed E-state index contributed by atoms with van der Waals surface area (Å²) in [6.45, 7) is 1.51. The molecular weight excluding hydrogens is 262 g/mol. The summed E-state index contributed by atoms with van der Waals surface area (Å²) in [4.78, 5) is 11.4. The van der Waals surface area contributed by atoms with Gasteiger partial charge in [-0.25, -0.2) is 13.6 Å². The third-order valence-corrected chi connectivity index (χ3v) is 2.38. The number of methoxy groups -OCH3 is 2. The average Bonchev–Trinajstić information content (AvgIpc) is 2.40.